The van der Waals surface area contributed by atoms with Gasteiger partial charge in [0.05, 0.1) is 5.69 Å². The van der Waals surface area contributed by atoms with E-state index in [2.05, 4.69) is 48.1 Å². The van der Waals surface area contributed by atoms with Crippen molar-refractivity contribution >= 4 is 5.69 Å². The van der Waals surface area contributed by atoms with Crippen LogP contribution in [0.5, 0.6) is 0 Å². The van der Waals surface area contributed by atoms with Gasteiger partial charge < -0.3 is 10.2 Å². The highest BCUT2D eigenvalue weighted by Gasteiger charge is 2.04. The number of anilines is 1. The highest BCUT2D eigenvalue weighted by molar-refractivity contribution is 5.46. The molecule has 1 aromatic heterocycles. The van der Waals surface area contributed by atoms with Crippen LogP contribution in [-0.2, 0) is 6.54 Å². The van der Waals surface area contributed by atoms with Gasteiger partial charge in [0.15, 0.2) is 0 Å². The van der Waals surface area contributed by atoms with E-state index in [1.807, 2.05) is 6.20 Å². The summed E-state index contributed by atoms with van der Waals surface area (Å²) >= 11 is 0. The molecule has 0 spiro atoms. The van der Waals surface area contributed by atoms with Crippen LogP contribution in [0.1, 0.15) is 39.3 Å². The highest BCUT2D eigenvalue weighted by atomic mass is 15.1. The van der Waals surface area contributed by atoms with Gasteiger partial charge in [-0.05, 0) is 38.4 Å². The third-order valence-electron chi connectivity index (χ3n) is 2.77. The van der Waals surface area contributed by atoms with Gasteiger partial charge in [0.1, 0.15) is 0 Å². The van der Waals surface area contributed by atoms with E-state index >= 15 is 0 Å². The molecule has 17 heavy (non-hydrogen) atoms. The summed E-state index contributed by atoms with van der Waals surface area (Å²) in [5.74, 6) is 0. The fourth-order valence-corrected chi connectivity index (χ4v) is 1.89. The van der Waals surface area contributed by atoms with Gasteiger partial charge in [0.25, 0.3) is 0 Å². The van der Waals surface area contributed by atoms with Crippen molar-refractivity contribution in [2.45, 2.75) is 40.2 Å². The number of aromatic nitrogens is 1. The molecule has 0 saturated heterocycles. The Labute approximate surface area is 105 Å². The lowest BCUT2D eigenvalue weighted by Crippen LogP contribution is -2.24. The Balaban J connectivity index is 2.63. The molecule has 1 rings (SSSR count). The summed E-state index contributed by atoms with van der Waals surface area (Å²) in [6.07, 6.45) is 4.26. The molecule has 1 heterocycles. The number of nitrogens with zero attached hydrogens (tertiary/aromatic N) is 2. The zero-order valence-electron chi connectivity index (χ0n) is 11.4. The van der Waals surface area contributed by atoms with Crippen LogP contribution >= 0.6 is 0 Å². The van der Waals surface area contributed by atoms with Crippen molar-refractivity contribution in [2.75, 3.05) is 24.5 Å². The summed E-state index contributed by atoms with van der Waals surface area (Å²) in [6.45, 7) is 10.7. The van der Waals surface area contributed by atoms with Gasteiger partial charge in [-0.1, -0.05) is 13.8 Å². The Hall–Kier alpha value is -1.09. The normalized spacial score (nSPS) is 10.5. The van der Waals surface area contributed by atoms with Gasteiger partial charge in [0.2, 0.25) is 0 Å². The molecule has 3 nitrogen and oxygen atoms in total. The Kier molecular flexibility index (Phi) is 6.63. The number of hydrogen-bond acceptors (Lipinski definition) is 3. The molecular weight excluding hydrogens is 210 g/mol. The number of hydrogen-bond donors (Lipinski definition) is 1. The maximum absolute atomic E-state index is 4.40. The second-order valence-corrected chi connectivity index (χ2v) is 4.26. The predicted octanol–water partition coefficient (Wildman–Crippen LogP) is 2.82. The average Bonchev–Trinajstić information content (AvgIpc) is 2.36. The first kappa shape index (κ1) is 14.0. The summed E-state index contributed by atoms with van der Waals surface area (Å²) in [5.41, 5.74) is 2.42. The van der Waals surface area contributed by atoms with Crippen LogP contribution in [0.2, 0.25) is 0 Å². The standard InChI is InChI=1S/C14H25N3/c1-4-8-15-12-13-11-14(7-9-16-13)17(6-3)10-5-2/h7,9,11,15H,4-6,8,10,12H2,1-3H3. The van der Waals surface area contributed by atoms with Crippen LogP contribution in [-0.4, -0.2) is 24.6 Å². The fourth-order valence-electron chi connectivity index (χ4n) is 1.89. The highest BCUT2D eigenvalue weighted by Crippen LogP contribution is 2.14. The van der Waals surface area contributed by atoms with E-state index in [0.29, 0.717) is 0 Å². The Bertz CT molecular complexity index is 312. The minimum Gasteiger partial charge on any atom is -0.372 e. The average molecular weight is 235 g/mol. The minimum atomic E-state index is 0.866. The second-order valence-electron chi connectivity index (χ2n) is 4.26. The zero-order chi connectivity index (χ0) is 12.5. The van der Waals surface area contributed by atoms with Gasteiger partial charge in [0, 0.05) is 31.5 Å². The number of nitrogens with one attached hydrogen (secondary N) is 1. The van der Waals surface area contributed by atoms with E-state index in [0.717, 1.165) is 38.3 Å². The molecule has 0 aliphatic rings. The van der Waals surface area contributed by atoms with E-state index in [1.165, 1.54) is 12.1 Å². The molecule has 0 atom stereocenters. The quantitative estimate of drug-likeness (QED) is 0.702. The van der Waals surface area contributed by atoms with Crippen LogP contribution in [0.25, 0.3) is 0 Å². The lowest BCUT2D eigenvalue weighted by molar-refractivity contribution is 0.663. The van der Waals surface area contributed by atoms with Gasteiger partial charge >= 0.3 is 0 Å². The molecule has 0 fully saturated rings. The smallest absolute Gasteiger partial charge is 0.0562 e. The van der Waals surface area contributed by atoms with E-state index in [9.17, 15) is 0 Å². The molecule has 0 saturated carbocycles. The lowest BCUT2D eigenvalue weighted by Gasteiger charge is -2.22. The van der Waals surface area contributed by atoms with Gasteiger partial charge in [-0.25, -0.2) is 0 Å². The van der Waals surface area contributed by atoms with Crippen molar-refractivity contribution in [1.29, 1.82) is 0 Å². The third kappa shape index (κ3) is 4.73. The Morgan fingerprint density at radius 1 is 1.24 bits per heavy atom. The van der Waals surface area contributed by atoms with Gasteiger partial charge in [-0.3, -0.25) is 4.98 Å². The van der Waals surface area contributed by atoms with Gasteiger partial charge in [-0.15, -0.1) is 0 Å². The predicted molar refractivity (Wildman–Crippen MR) is 74.4 cm³/mol. The van der Waals surface area contributed by atoms with Crippen molar-refractivity contribution in [3.63, 3.8) is 0 Å². The first-order valence-corrected chi connectivity index (χ1v) is 6.72. The molecule has 1 N–H and O–H groups in total. The second kappa shape index (κ2) is 8.07. The largest absolute Gasteiger partial charge is 0.372 e. The number of pyridine rings is 1. The maximum Gasteiger partial charge on any atom is 0.0562 e. The molecule has 0 amide bonds. The maximum atomic E-state index is 4.40. The SMILES string of the molecule is CCCNCc1cc(N(CC)CCC)ccn1. The molecule has 0 bridgehead atoms. The third-order valence-corrected chi connectivity index (χ3v) is 2.77. The van der Waals surface area contributed by atoms with Crippen LogP contribution in [0.4, 0.5) is 5.69 Å². The minimum absolute atomic E-state index is 0.866. The van der Waals surface area contributed by atoms with Crippen LogP contribution < -0.4 is 10.2 Å². The van der Waals surface area contributed by atoms with E-state index in [4.69, 9.17) is 0 Å². The molecule has 96 valence electrons. The van der Waals surface area contributed by atoms with Crippen molar-refractivity contribution < 1.29 is 0 Å². The molecule has 3 heteroatoms. The molecule has 0 unspecified atom stereocenters. The van der Waals surface area contributed by atoms with Crippen LogP contribution in [0.15, 0.2) is 18.3 Å². The van der Waals surface area contributed by atoms with Crippen LogP contribution in [0, 0.1) is 0 Å². The monoisotopic (exact) mass is 235 g/mol. The van der Waals surface area contributed by atoms with Crippen molar-refractivity contribution in [3.05, 3.63) is 24.0 Å². The van der Waals surface area contributed by atoms with E-state index in [1.54, 1.807) is 0 Å². The summed E-state index contributed by atoms with van der Waals surface area (Å²) in [5, 5.41) is 3.39. The molecular formula is C14H25N3. The Morgan fingerprint density at radius 3 is 2.71 bits per heavy atom. The Morgan fingerprint density at radius 2 is 2.06 bits per heavy atom. The molecule has 1 aromatic rings. The molecule has 0 aromatic carbocycles. The first-order valence-electron chi connectivity index (χ1n) is 6.72. The first-order chi connectivity index (χ1) is 8.31. The molecule has 0 radical (unpaired) electrons. The van der Waals surface area contributed by atoms with Gasteiger partial charge in [-0.2, -0.15) is 0 Å². The van der Waals surface area contributed by atoms with Crippen LogP contribution in [0.3, 0.4) is 0 Å². The lowest BCUT2D eigenvalue weighted by atomic mass is 10.2. The topological polar surface area (TPSA) is 28.2 Å². The van der Waals surface area contributed by atoms with Crippen molar-refractivity contribution in [1.82, 2.24) is 10.3 Å². The summed E-state index contributed by atoms with van der Waals surface area (Å²) < 4.78 is 0. The van der Waals surface area contributed by atoms with E-state index < -0.39 is 0 Å². The van der Waals surface area contributed by atoms with Crippen molar-refractivity contribution in [3.8, 4) is 0 Å². The molecule has 0 aliphatic carbocycles. The summed E-state index contributed by atoms with van der Waals surface area (Å²) in [6, 6.07) is 4.30. The summed E-state index contributed by atoms with van der Waals surface area (Å²) in [4.78, 5) is 6.79. The van der Waals surface area contributed by atoms with Crippen molar-refractivity contribution in [2.24, 2.45) is 0 Å². The number of rotatable bonds is 8. The fraction of sp³-hybridized carbons (Fsp3) is 0.643. The molecule has 0 aliphatic heterocycles. The van der Waals surface area contributed by atoms with E-state index in [-0.39, 0.29) is 0 Å². The zero-order valence-corrected chi connectivity index (χ0v) is 11.4. The summed E-state index contributed by atoms with van der Waals surface area (Å²) in [7, 11) is 0.